The molecular weight excluding hydrogens is 499 g/mol. The van der Waals surface area contributed by atoms with E-state index in [-0.39, 0.29) is 35.7 Å². The van der Waals surface area contributed by atoms with Gasteiger partial charge in [0.05, 0.1) is 29.0 Å². The summed E-state index contributed by atoms with van der Waals surface area (Å²) in [6.07, 6.45) is 2.44. The number of benzene rings is 2. The molecule has 192 valence electrons. The summed E-state index contributed by atoms with van der Waals surface area (Å²) in [6, 6.07) is 13.7. The smallest absolute Gasteiger partial charge is 0.274 e. The Morgan fingerprint density at radius 1 is 1.14 bits per heavy atom. The van der Waals surface area contributed by atoms with Crippen LogP contribution < -0.4 is 10.2 Å². The van der Waals surface area contributed by atoms with Crippen molar-refractivity contribution in [1.82, 2.24) is 9.47 Å². The number of rotatable bonds is 7. The van der Waals surface area contributed by atoms with Crippen LogP contribution in [0.1, 0.15) is 52.1 Å². The number of hydrogen-bond acceptors (Lipinski definition) is 5. The van der Waals surface area contributed by atoms with E-state index in [0.717, 1.165) is 18.4 Å². The molecule has 2 fully saturated rings. The van der Waals surface area contributed by atoms with Crippen molar-refractivity contribution in [3.63, 3.8) is 0 Å². The number of amides is 1. The highest BCUT2D eigenvalue weighted by Crippen LogP contribution is 2.57. The van der Waals surface area contributed by atoms with E-state index in [2.05, 4.69) is 0 Å². The first-order valence-electron chi connectivity index (χ1n) is 12.4. The molecule has 1 N–H and O–H groups in total. The van der Waals surface area contributed by atoms with Crippen LogP contribution in [0, 0.1) is 5.82 Å². The van der Waals surface area contributed by atoms with Gasteiger partial charge in [-0.1, -0.05) is 48.0 Å². The van der Waals surface area contributed by atoms with Crippen LogP contribution in [0.4, 0.5) is 4.39 Å². The highest BCUT2D eigenvalue weighted by molar-refractivity contribution is 6.30. The van der Waals surface area contributed by atoms with Gasteiger partial charge in [0.1, 0.15) is 18.0 Å². The first kappa shape index (κ1) is 24.2. The third kappa shape index (κ3) is 4.04. The van der Waals surface area contributed by atoms with E-state index in [1.807, 2.05) is 30.3 Å². The van der Waals surface area contributed by atoms with Gasteiger partial charge in [-0.2, -0.15) is 0 Å². The third-order valence-electron chi connectivity index (χ3n) is 7.60. The standard InChI is InChI=1S/C28H26ClFN2O5/c29-19-13-18(8-9-20(19)30)14-31-11-12-32-21(15-33)23(28-10-4-7-22(28)37-28)25(34)26(24(32)27(31)35)36-16-17-5-2-1-3-6-17/h1-3,5-6,8-9,13,22,33H,4,7,10-12,14-16H2. The van der Waals surface area contributed by atoms with Crippen molar-refractivity contribution < 1.29 is 23.8 Å². The lowest BCUT2D eigenvalue weighted by molar-refractivity contribution is 0.0673. The maximum absolute atomic E-state index is 14.0. The summed E-state index contributed by atoms with van der Waals surface area (Å²) in [4.78, 5) is 29.4. The first-order chi connectivity index (χ1) is 17.9. The SMILES string of the molecule is O=C1c2c(OCc3ccccc3)c(=O)c(C34CCCC3O4)c(CO)n2CCN1Cc1ccc(F)c(Cl)c1. The zero-order valence-electron chi connectivity index (χ0n) is 20.1. The molecule has 0 radical (unpaired) electrons. The lowest BCUT2D eigenvalue weighted by atomic mass is 9.92. The van der Waals surface area contributed by atoms with Gasteiger partial charge in [0.15, 0.2) is 11.4 Å². The topological polar surface area (TPSA) is 84.3 Å². The van der Waals surface area contributed by atoms with E-state index in [1.165, 1.54) is 12.1 Å². The molecule has 1 saturated carbocycles. The van der Waals surface area contributed by atoms with E-state index in [1.54, 1.807) is 15.5 Å². The molecule has 1 saturated heterocycles. The van der Waals surface area contributed by atoms with Crippen molar-refractivity contribution in [2.24, 2.45) is 0 Å². The van der Waals surface area contributed by atoms with Gasteiger partial charge in [-0.05, 0) is 42.5 Å². The predicted molar refractivity (Wildman–Crippen MR) is 134 cm³/mol. The summed E-state index contributed by atoms with van der Waals surface area (Å²) < 4.78 is 27.5. The number of halogens is 2. The Hall–Kier alpha value is -3.20. The molecule has 2 atom stereocenters. The molecule has 2 aliphatic heterocycles. The zero-order chi connectivity index (χ0) is 25.7. The summed E-state index contributed by atoms with van der Waals surface area (Å²) in [5, 5.41) is 10.4. The van der Waals surface area contributed by atoms with E-state index in [0.29, 0.717) is 36.3 Å². The molecule has 3 aromatic rings. The largest absolute Gasteiger partial charge is 0.483 e. The van der Waals surface area contributed by atoms with Crippen LogP contribution in [0.5, 0.6) is 5.75 Å². The summed E-state index contributed by atoms with van der Waals surface area (Å²) in [6.45, 7) is 0.609. The second-order valence-electron chi connectivity index (χ2n) is 9.78. The average molecular weight is 525 g/mol. The van der Waals surface area contributed by atoms with Gasteiger partial charge in [0.2, 0.25) is 5.43 Å². The van der Waals surface area contributed by atoms with Gasteiger partial charge >= 0.3 is 0 Å². The predicted octanol–water partition coefficient (Wildman–Crippen LogP) is 4.15. The van der Waals surface area contributed by atoms with Gasteiger partial charge in [-0.3, -0.25) is 9.59 Å². The van der Waals surface area contributed by atoms with Crippen molar-refractivity contribution in [3.05, 3.63) is 97.7 Å². The van der Waals surface area contributed by atoms with Crippen molar-refractivity contribution in [3.8, 4) is 5.75 Å². The molecule has 2 aromatic carbocycles. The highest BCUT2D eigenvalue weighted by Gasteiger charge is 2.63. The molecule has 1 amide bonds. The van der Waals surface area contributed by atoms with Crippen LogP contribution in [0.3, 0.4) is 0 Å². The van der Waals surface area contributed by atoms with Crippen LogP contribution in [-0.4, -0.2) is 33.1 Å². The number of aliphatic hydroxyl groups is 1. The summed E-state index contributed by atoms with van der Waals surface area (Å²) in [5.74, 6) is -0.959. The van der Waals surface area contributed by atoms with Crippen LogP contribution in [-0.2, 0) is 36.6 Å². The van der Waals surface area contributed by atoms with E-state index >= 15 is 0 Å². The molecule has 3 aliphatic rings. The third-order valence-corrected chi connectivity index (χ3v) is 7.89. The number of aliphatic hydroxyl groups excluding tert-OH is 1. The summed E-state index contributed by atoms with van der Waals surface area (Å²) in [5.41, 5.74) is 1.34. The Balaban J connectivity index is 1.44. The number of epoxide rings is 1. The molecule has 2 unspecified atom stereocenters. The van der Waals surface area contributed by atoms with Crippen molar-refractivity contribution in [2.45, 2.75) is 57.3 Å². The minimum absolute atomic E-state index is 0.0209. The van der Waals surface area contributed by atoms with Crippen molar-refractivity contribution in [1.29, 1.82) is 0 Å². The van der Waals surface area contributed by atoms with Crippen molar-refractivity contribution >= 4 is 17.5 Å². The number of ether oxygens (including phenoxy) is 2. The monoisotopic (exact) mass is 524 g/mol. The van der Waals surface area contributed by atoms with Gasteiger partial charge in [0.25, 0.3) is 5.91 Å². The molecular formula is C28H26ClFN2O5. The fourth-order valence-corrected chi connectivity index (χ4v) is 5.98. The second kappa shape index (κ2) is 9.28. The van der Waals surface area contributed by atoms with Gasteiger partial charge < -0.3 is 24.0 Å². The maximum atomic E-state index is 14.0. The van der Waals surface area contributed by atoms with Gasteiger partial charge in [0, 0.05) is 19.6 Å². The molecule has 9 heteroatoms. The fraction of sp³-hybridized carbons (Fsp3) is 0.357. The average Bonchev–Trinajstić information content (AvgIpc) is 3.46. The number of fused-ring (bicyclic) bond motifs is 2. The number of nitrogens with zero attached hydrogens (tertiary/aromatic N) is 2. The number of aromatic nitrogens is 1. The van der Waals surface area contributed by atoms with E-state index in [9.17, 15) is 19.1 Å². The molecule has 37 heavy (non-hydrogen) atoms. The first-order valence-corrected chi connectivity index (χ1v) is 12.8. The highest BCUT2D eigenvalue weighted by atomic mass is 35.5. The lowest BCUT2D eigenvalue weighted by Crippen LogP contribution is -2.44. The zero-order valence-corrected chi connectivity index (χ0v) is 20.8. The molecule has 0 spiro atoms. The molecule has 1 aromatic heterocycles. The quantitative estimate of drug-likeness (QED) is 0.469. The maximum Gasteiger partial charge on any atom is 0.274 e. The minimum Gasteiger partial charge on any atom is -0.483 e. The number of pyridine rings is 1. The van der Waals surface area contributed by atoms with Gasteiger partial charge in [-0.25, -0.2) is 4.39 Å². The Morgan fingerprint density at radius 3 is 2.62 bits per heavy atom. The summed E-state index contributed by atoms with van der Waals surface area (Å²) >= 11 is 5.95. The fourth-order valence-electron chi connectivity index (χ4n) is 5.78. The van der Waals surface area contributed by atoms with Crippen LogP contribution in [0.25, 0.3) is 0 Å². The molecule has 1 aliphatic carbocycles. The number of carbonyl (C=O) groups is 1. The number of hydrogen-bond donors (Lipinski definition) is 1. The van der Waals surface area contributed by atoms with Crippen LogP contribution in [0.2, 0.25) is 5.02 Å². The van der Waals surface area contributed by atoms with E-state index < -0.39 is 29.4 Å². The molecule has 3 heterocycles. The Kier molecular flexibility index (Phi) is 6.06. The van der Waals surface area contributed by atoms with E-state index in [4.69, 9.17) is 21.1 Å². The normalized spacial score (nSPS) is 22.1. The second-order valence-corrected chi connectivity index (χ2v) is 10.2. The van der Waals surface area contributed by atoms with Crippen molar-refractivity contribution in [2.75, 3.05) is 6.54 Å². The molecule has 0 bridgehead atoms. The Bertz CT molecular complexity index is 1440. The van der Waals surface area contributed by atoms with Gasteiger partial charge in [-0.15, -0.1) is 0 Å². The molecule has 7 nitrogen and oxygen atoms in total. The minimum atomic E-state index is -0.715. The van der Waals surface area contributed by atoms with Crippen LogP contribution >= 0.6 is 11.6 Å². The Morgan fingerprint density at radius 2 is 1.95 bits per heavy atom. The van der Waals surface area contributed by atoms with Crippen LogP contribution in [0.15, 0.2) is 53.3 Å². The molecule has 6 rings (SSSR count). The lowest BCUT2D eigenvalue weighted by Gasteiger charge is -2.34. The number of carbonyl (C=O) groups excluding carboxylic acids is 1. The Labute approximate surface area is 218 Å². The summed E-state index contributed by atoms with van der Waals surface area (Å²) in [7, 11) is 0.